The largest absolute Gasteiger partial charge is 0.465 e. The maximum Gasteiger partial charge on any atom is 0.348 e. The Morgan fingerprint density at radius 2 is 2.00 bits per heavy atom. The molecule has 0 saturated carbocycles. The number of methoxy groups -OCH3 is 1. The predicted octanol–water partition coefficient (Wildman–Crippen LogP) is -0.325. The molecular weight excluding hydrogens is 156 g/mol. The van der Waals surface area contributed by atoms with E-state index >= 15 is 0 Å². The summed E-state index contributed by atoms with van der Waals surface area (Å²) in [5.74, 6) is -0.821. The molecule has 58 valence electrons. The van der Waals surface area contributed by atoms with Crippen molar-refractivity contribution in [2.24, 2.45) is 0 Å². The minimum atomic E-state index is -2.82. The van der Waals surface area contributed by atoms with Crippen LogP contribution < -0.4 is 0 Å². The molecule has 0 N–H and O–H groups in total. The second-order valence-electron chi connectivity index (χ2n) is 1.42. The summed E-state index contributed by atoms with van der Waals surface area (Å²) < 4.78 is 24.6. The molecule has 10 heavy (non-hydrogen) atoms. The fourth-order valence-electron chi connectivity index (χ4n) is 0.402. The van der Waals surface area contributed by atoms with E-state index in [1.165, 1.54) is 13.0 Å². The van der Waals surface area contributed by atoms with Crippen molar-refractivity contribution in [1.82, 2.24) is 0 Å². The molecule has 0 aliphatic carbocycles. The molecule has 0 aromatic carbocycles. The van der Waals surface area contributed by atoms with Crippen molar-refractivity contribution < 1.29 is 17.9 Å². The van der Waals surface area contributed by atoms with Gasteiger partial charge < -0.3 is 4.74 Å². The van der Waals surface area contributed by atoms with E-state index < -0.39 is 16.7 Å². The lowest BCUT2D eigenvalue weighted by Gasteiger charge is -1.93. The predicted molar refractivity (Wildman–Crippen MR) is 36.1 cm³/mol. The molecule has 0 spiro atoms. The van der Waals surface area contributed by atoms with Crippen LogP contribution in [0.2, 0.25) is 0 Å². The molecule has 0 amide bonds. The minimum absolute atomic E-state index is 0.308. The van der Waals surface area contributed by atoms with E-state index in [1.54, 1.807) is 0 Å². The number of rotatable bonds is 2. The normalized spacial score (nSPS) is 11.7. The number of carbonyl (C=O) groups excluding carboxylic acids is 1. The molecule has 0 radical (unpaired) electrons. The first-order valence-electron chi connectivity index (χ1n) is 2.52. The van der Waals surface area contributed by atoms with Crippen LogP contribution in [0.1, 0.15) is 6.92 Å². The summed E-state index contributed by atoms with van der Waals surface area (Å²) >= 11 is 0. The number of allylic oxidation sites excluding steroid dienone is 1. The quantitative estimate of drug-likeness (QED) is 0.345. The summed E-state index contributed by atoms with van der Waals surface area (Å²) in [6.45, 7) is 1.46. The van der Waals surface area contributed by atoms with Crippen LogP contribution in [-0.4, -0.2) is 21.5 Å². The first kappa shape index (κ1) is 9.16. The van der Waals surface area contributed by atoms with Crippen LogP contribution in [0, 0.1) is 0 Å². The van der Waals surface area contributed by atoms with Crippen molar-refractivity contribution in [3.63, 3.8) is 0 Å². The van der Waals surface area contributed by atoms with Gasteiger partial charge >= 0.3 is 5.97 Å². The number of ether oxygens (including phenoxy) is 1. The summed E-state index contributed by atoms with van der Waals surface area (Å²) in [6.07, 6.45) is 1.19. The lowest BCUT2D eigenvalue weighted by Crippen LogP contribution is -2.05. The average Bonchev–Trinajstić information content (AvgIpc) is 1.88. The molecule has 0 rings (SSSR count). The number of thiol groups is 1. The lowest BCUT2D eigenvalue weighted by molar-refractivity contribution is -0.135. The number of carbonyl (C=O) groups is 1. The van der Waals surface area contributed by atoms with Crippen LogP contribution in [0.4, 0.5) is 0 Å². The molecule has 0 fully saturated rings. The Morgan fingerprint density at radius 3 is 2.10 bits per heavy atom. The van der Waals surface area contributed by atoms with E-state index in [-0.39, 0.29) is 4.91 Å². The van der Waals surface area contributed by atoms with Crippen molar-refractivity contribution in [3.8, 4) is 0 Å². The summed E-state index contributed by atoms with van der Waals surface area (Å²) in [5.41, 5.74) is 0. The number of hydrogen-bond donors (Lipinski definition) is 1. The summed E-state index contributed by atoms with van der Waals surface area (Å²) in [4.78, 5) is 10.2. The molecule has 0 saturated heterocycles. The maximum atomic E-state index is 10.5. The zero-order valence-electron chi connectivity index (χ0n) is 5.66. The molecule has 0 aromatic heterocycles. The van der Waals surface area contributed by atoms with Crippen LogP contribution in [0.15, 0.2) is 11.0 Å². The summed E-state index contributed by atoms with van der Waals surface area (Å²) in [6, 6.07) is 0. The van der Waals surface area contributed by atoms with Crippen LogP contribution >= 0.6 is 0 Å². The molecule has 0 atom stereocenters. The third kappa shape index (κ3) is 2.18. The minimum Gasteiger partial charge on any atom is -0.465 e. The number of hydrogen-bond acceptors (Lipinski definition) is 4. The average molecular weight is 164 g/mol. The Hall–Kier alpha value is -0.840. The zero-order chi connectivity index (χ0) is 8.15. The summed E-state index contributed by atoms with van der Waals surface area (Å²) in [7, 11) is -1.69. The highest BCUT2D eigenvalue weighted by atomic mass is 32.2. The summed E-state index contributed by atoms with van der Waals surface area (Å²) in [5, 5.41) is 0. The first-order chi connectivity index (χ1) is 4.63. The van der Waals surface area contributed by atoms with E-state index in [4.69, 9.17) is 0 Å². The Balaban J connectivity index is 4.55. The molecule has 0 aliphatic rings. The highest BCUT2D eigenvalue weighted by molar-refractivity contribution is 7.78. The highest BCUT2D eigenvalue weighted by Crippen LogP contribution is 1.96. The van der Waals surface area contributed by atoms with Gasteiger partial charge in [0.05, 0.1) is 7.11 Å². The van der Waals surface area contributed by atoms with Crippen molar-refractivity contribution in [3.05, 3.63) is 11.0 Å². The molecule has 4 nitrogen and oxygen atoms in total. The van der Waals surface area contributed by atoms with Crippen LogP contribution in [0.25, 0.3) is 0 Å². The third-order valence-corrected chi connectivity index (χ3v) is 1.70. The fourth-order valence-corrected chi connectivity index (χ4v) is 0.854. The van der Waals surface area contributed by atoms with Gasteiger partial charge in [-0.15, -0.1) is 0 Å². The van der Waals surface area contributed by atoms with Crippen LogP contribution in [-0.2, 0) is 20.2 Å². The van der Waals surface area contributed by atoms with Crippen LogP contribution in [0.3, 0.4) is 0 Å². The molecule has 0 bridgehead atoms. The molecule has 0 aromatic rings. The Kier molecular flexibility index (Phi) is 3.71. The van der Waals surface area contributed by atoms with E-state index in [0.717, 1.165) is 7.11 Å². The van der Waals surface area contributed by atoms with E-state index in [9.17, 15) is 13.2 Å². The molecule has 0 unspecified atom stereocenters. The van der Waals surface area contributed by atoms with E-state index in [1.807, 2.05) is 0 Å². The van der Waals surface area contributed by atoms with Crippen molar-refractivity contribution in [1.29, 1.82) is 0 Å². The molecular formula is C5H8O4S. The van der Waals surface area contributed by atoms with E-state index in [0.29, 0.717) is 0 Å². The van der Waals surface area contributed by atoms with Gasteiger partial charge in [0.15, 0.2) is 10.7 Å². The van der Waals surface area contributed by atoms with Crippen LogP contribution in [0.5, 0.6) is 0 Å². The highest BCUT2D eigenvalue weighted by Gasteiger charge is 2.09. The standard InChI is InChI=1S/C5H8O4S/c1-3-4(10(7)8)5(6)9-2/h3,10H,1-2H3. The lowest BCUT2D eigenvalue weighted by atomic mass is 10.5. The van der Waals surface area contributed by atoms with Gasteiger partial charge in [-0.3, -0.25) is 0 Å². The monoisotopic (exact) mass is 164 g/mol. The Morgan fingerprint density at radius 1 is 1.50 bits per heavy atom. The second-order valence-corrected chi connectivity index (χ2v) is 2.42. The molecule has 0 aliphatic heterocycles. The van der Waals surface area contributed by atoms with Gasteiger partial charge in [-0.05, 0) is 6.92 Å². The van der Waals surface area contributed by atoms with Gasteiger partial charge in [-0.1, -0.05) is 6.08 Å². The second kappa shape index (κ2) is 4.05. The van der Waals surface area contributed by atoms with Gasteiger partial charge in [0, 0.05) is 0 Å². The Bertz CT molecular complexity index is 218. The topological polar surface area (TPSA) is 60.4 Å². The molecule has 5 heteroatoms. The Labute approximate surface area is 60.4 Å². The maximum absolute atomic E-state index is 10.5. The van der Waals surface area contributed by atoms with Crippen molar-refractivity contribution in [2.75, 3.05) is 7.11 Å². The van der Waals surface area contributed by atoms with Crippen molar-refractivity contribution in [2.45, 2.75) is 6.92 Å². The van der Waals surface area contributed by atoms with Gasteiger partial charge in [0.1, 0.15) is 4.91 Å². The van der Waals surface area contributed by atoms with Gasteiger partial charge in [0.2, 0.25) is 0 Å². The van der Waals surface area contributed by atoms with Gasteiger partial charge in [-0.25, -0.2) is 13.2 Å². The van der Waals surface area contributed by atoms with Crippen molar-refractivity contribution >= 4 is 16.7 Å². The van der Waals surface area contributed by atoms with E-state index in [2.05, 4.69) is 4.74 Å². The SMILES string of the molecule is CC=C(C(=O)OC)[SH](=O)=O. The smallest absolute Gasteiger partial charge is 0.348 e. The fraction of sp³-hybridized carbons (Fsp3) is 0.400. The zero-order valence-corrected chi connectivity index (χ0v) is 6.55. The third-order valence-electron chi connectivity index (χ3n) is 0.865. The van der Waals surface area contributed by atoms with Gasteiger partial charge in [0.25, 0.3) is 0 Å². The molecule has 0 heterocycles. The van der Waals surface area contributed by atoms with Gasteiger partial charge in [-0.2, -0.15) is 0 Å². The first-order valence-corrected chi connectivity index (χ1v) is 3.70. The number of esters is 1.